The van der Waals surface area contributed by atoms with E-state index in [9.17, 15) is 5.11 Å². The van der Waals surface area contributed by atoms with E-state index >= 15 is 0 Å². The molecule has 2 atom stereocenters. The summed E-state index contributed by atoms with van der Waals surface area (Å²) >= 11 is 0. The van der Waals surface area contributed by atoms with E-state index in [1.807, 2.05) is 12.1 Å². The van der Waals surface area contributed by atoms with E-state index in [-0.39, 0.29) is 0 Å². The van der Waals surface area contributed by atoms with Gasteiger partial charge in [-0.3, -0.25) is 4.90 Å². The Labute approximate surface area is 128 Å². The monoisotopic (exact) mass is 288 g/mol. The topological polar surface area (TPSA) is 35.5 Å². The Hall–Kier alpha value is -1.06. The average Bonchev–Trinajstić information content (AvgIpc) is 2.74. The maximum absolute atomic E-state index is 9.35. The lowest BCUT2D eigenvalue weighted by Crippen LogP contribution is -2.49. The highest BCUT2D eigenvalue weighted by Crippen LogP contribution is 2.35. The first-order valence-corrected chi connectivity index (χ1v) is 8.53. The van der Waals surface area contributed by atoms with Crippen molar-refractivity contribution in [3.63, 3.8) is 0 Å². The van der Waals surface area contributed by atoms with Crippen molar-refractivity contribution in [2.75, 3.05) is 13.1 Å². The van der Waals surface area contributed by atoms with Gasteiger partial charge in [-0.2, -0.15) is 0 Å². The molecule has 116 valence electrons. The maximum Gasteiger partial charge on any atom is 0.115 e. The van der Waals surface area contributed by atoms with Crippen LogP contribution in [0.4, 0.5) is 0 Å². The number of rotatable bonds is 6. The number of benzene rings is 1. The number of fused-ring (bicyclic) bond motifs is 2. The van der Waals surface area contributed by atoms with E-state index in [0.29, 0.717) is 5.75 Å². The van der Waals surface area contributed by atoms with Crippen LogP contribution in [-0.2, 0) is 6.42 Å². The summed E-state index contributed by atoms with van der Waals surface area (Å²) < 4.78 is 0. The smallest absolute Gasteiger partial charge is 0.115 e. The van der Waals surface area contributed by atoms with Crippen LogP contribution in [0, 0.1) is 0 Å². The van der Waals surface area contributed by atoms with Crippen molar-refractivity contribution in [2.45, 2.75) is 63.6 Å². The summed E-state index contributed by atoms with van der Waals surface area (Å²) in [5.41, 5.74) is 1.33. The fourth-order valence-electron chi connectivity index (χ4n) is 4.08. The third-order valence-corrected chi connectivity index (χ3v) is 5.16. The van der Waals surface area contributed by atoms with Crippen LogP contribution in [0.15, 0.2) is 24.3 Å². The summed E-state index contributed by atoms with van der Waals surface area (Å²) in [4.78, 5) is 2.75. The number of nitrogens with one attached hydrogen (secondary N) is 1. The molecule has 1 aromatic rings. The zero-order chi connectivity index (χ0) is 14.7. The van der Waals surface area contributed by atoms with Gasteiger partial charge in [-0.25, -0.2) is 0 Å². The summed E-state index contributed by atoms with van der Waals surface area (Å²) in [6.07, 6.45) is 7.74. The zero-order valence-corrected chi connectivity index (χ0v) is 13.1. The van der Waals surface area contributed by atoms with Crippen LogP contribution < -0.4 is 5.32 Å². The van der Waals surface area contributed by atoms with Gasteiger partial charge in [-0.1, -0.05) is 19.1 Å². The van der Waals surface area contributed by atoms with Gasteiger partial charge in [-0.05, 0) is 62.8 Å². The van der Waals surface area contributed by atoms with Crippen molar-refractivity contribution in [2.24, 2.45) is 0 Å². The Bertz CT molecular complexity index is 431. The number of aromatic hydroxyl groups is 1. The highest BCUT2D eigenvalue weighted by Gasteiger charge is 2.39. The molecule has 0 saturated carbocycles. The molecule has 3 heteroatoms. The van der Waals surface area contributed by atoms with Gasteiger partial charge in [0, 0.05) is 24.7 Å². The molecular weight excluding hydrogens is 260 g/mol. The molecule has 2 fully saturated rings. The molecule has 0 aliphatic carbocycles. The van der Waals surface area contributed by atoms with E-state index < -0.39 is 0 Å². The first-order valence-electron chi connectivity index (χ1n) is 8.53. The van der Waals surface area contributed by atoms with E-state index in [1.54, 1.807) is 12.1 Å². The molecule has 2 aliphatic heterocycles. The lowest BCUT2D eigenvalue weighted by atomic mass is 9.96. The molecule has 0 radical (unpaired) electrons. The Kier molecular flexibility index (Phi) is 4.81. The summed E-state index contributed by atoms with van der Waals surface area (Å²) in [7, 11) is 0. The van der Waals surface area contributed by atoms with Gasteiger partial charge in [0.05, 0.1) is 0 Å². The third-order valence-electron chi connectivity index (χ3n) is 5.16. The number of hydrogen-bond donors (Lipinski definition) is 2. The Balaban J connectivity index is 1.52. The molecular formula is C18H28N2O. The molecule has 2 N–H and O–H groups in total. The van der Waals surface area contributed by atoms with Crippen molar-refractivity contribution in [3.05, 3.63) is 29.8 Å². The van der Waals surface area contributed by atoms with Gasteiger partial charge in [0.1, 0.15) is 5.75 Å². The molecule has 2 saturated heterocycles. The van der Waals surface area contributed by atoms with Crippen LogP contribution in [-0.4, -0.2) is 41.2 Å². The van der Waals surface area contributed by atoms with E-state index in [0.717, 1.165) is 31.1 Å². The minimum atomic E-state index is 0.363. The van der Waals surface area contributed by atoms with Gasteiger partial charge < -0.3 is 10.4 Å². The molecule has 2 heterocycles. The van der Waals surface area contributed by atoms with Gasteiger partial charge >= 0.3 is 0 Å². The number of nitrogens with zero attached hydrogens (tertiary/aromatic N) is 1. The number of phenols is 1. The molecule has 21 heavy (non-hydrogen) atoms. The highest BCUT2D eigenvalue weighted by molar-refractivity contribution is 5.26. The summed E-state index contributed by atoms with van der Waals surface area (Å²) in [5.74, 6) is 0.363. The first-order chi connectivity index (χ1) is 10.3. The Morgan fingerprint density at radius 3 is 2.43 bits per heavy atom. The highest BCUT2D eigenvalue weighted by atomic mass is 16.3. The maximum atomic E-state index is 9.35. The Morgan fingerprint density at radius 2 is 1.81 bits per heavy atom. The quantitative estimate of drug-likeness (QED) is 0.845. The summed E-state index contributed by atoms with van der Waals surface area (Å²) in [5, 5.41) is 13.1. The van der Waals surface area contributed by atoms with Crippen molar-refractivity contribution in [3.8, 4) is 5.75 Å². The first kappa shape index (κ1) is 14.9. The molecule has 0 aromatic heterocycles. The van der Waals surface area contributed by atoms with E-state index in [1.165, 1.54) is 44.2 Å². The minimum Gasteiger partial charge on any atom is -0.508 e. The SMILES string of the molecule is CCCNC1CC2CCC(C1)N2CCc1ccc(O)cc1. The predicted molar refractivity (Wildman–Crippen MR) is 86.6 cm³/mol. The van der Waals surface area contributed by atoms with Gasteiger partial charge in [0.2, 0.25) is 0 Å². The van der Waals surface area contributed by atoms with Crippen LogP contribution in [0.3, 0.4) is 0 Å². The van der Waals surface area contributed by atoms with Crippen molar-refractivity contribution in [1.29, 1.82) is 0 Å². The number of hydrogen-bond acceptors (Lipinski definition) is 3. The second-order valence-corrected chi connectivity index (χ2v) is 6.66. The molecule has 2 unspecified atom stereocenters. The van der Waals surface area contributed by atoms with E-state index in [2.05, 4.69) is 17.1 Å². The fourth-order valence-corrected chi connectivity index (χ4v) is 4.08. The van der Waals surface area contributed by atoms with Crippen molar-refractivity contribution < 1.29 is 5.11 Å². The lowest BCUT2D eigenvalue weighted by Gasteiger charge is -2.39. The molecule has 1 aromatic carbocycles. The standard InChI is InChI=1S/C18H28N2O/c1-2-10-19-15-12-16-5-6-17(13-15)20(16)11-9-14-3-7-18(21)8-4-14/h3-4,7-8,15-17,19,21H,2,5-6,9-13H2,1H3. The molecule has 0 amide bonds. The summed E-state index contributed by atoms with van der Waals surface area (Å²) in [6, 6.07) is 10.0. The largest absolute Gasteiger partial charge is 0.508 e. The fraction of sp³-hybridized carbons (Fsp3) is 0.667. The molecule has 2 bridgehead atoms. The molecule has 0 spiro atoms. The molecule has 3 rings (SSSR count). The molecule has 2 aliphatic rings. The predicted octanol–water partition coefficient (Wildman–Crippen LogP) is 2.93. The molecule has 3 nitrogen and oxygen atoms in total. The van der Waals surface area contributed by atoms with Crippen LogP contribution in [0.2, 0.25) is 0 Å². The minimum absolute atomic E-state index is 0.363. The van der Waals surface area contributed by atoms with Crippen LogP contribution in [0.5, 0.6) is 5.75 Å². The van der Waals surface area contributed by atoms with Gasteiger partial charge in [0.25, 0.3) is 0 Å². The average molecular weight is 288 g/mol. The van der Waals surface area contributed by atoms with Crippen LogP contribution in [0.1, 0.15) is 44.6 Å². The number of piperidine rings is 1. The summed E-state index contributed by atoms with van der Waals surface area (Å²) in [6.45, 7) is 4.58. The second kappa shape index (κ2) is 6.80. The van der Waals surface area contributed by atoms with Crippen LogP contribution in [0.25, 0.3) is 0 Å². The van der Waals surface area contributed by atoms with Gasteiger partial charge in [0.15, 0.2) is 0 Å². The Morgan fingerprint density at radius 1 is 1.14 bits per heavy atom. The van der Waals surface area contributed by atoms with Crippen LogP contribution >= 0.6 is 0 Å². The third kappa shape index (κ3) is 3.58. The normalized spacial score (nSPS) is 28.9. The van der Waals surface area contributed by atoms with Gasteiger partial charge in [-0.15, -0.1) is 0 Å². The lowest BCUT2D eigenvalue weighted by molar-refractivity contribution is 0.118. The van der Waals surface area contributed by atoms with Crippen molar-refractivity contribution in [1.82, 2.24) is 10.2 Å². The van der Waals surface area contributed by atoms with Crippen molar-refractivity contribution >= 4 is 0 Å². The van der Waals surface area contributed by atoms with E-state index in [4.69, 9.17) is 0 Å². The zero-order valence-electron chi connectivity index (χ0n) is 13.1. The second-order valence-electron chi connectivity index (χ2n) is 6.66. The number of phenolic OH excluding ortho intramolecular Hbond substituents is 1.